The van der Waals surface area contributed by atoms with E-state index in [9.17, 15) is 18.0 Å². The predicted octanol–water partition coefficient (Wildman–Crippen LogP) is 2.04. The van der Waals surface area contributed by atoms with Crippen LogP contribution in [-0.2, 0) is 0 Å². The number of benzene rings is 1. The Kier molecular flexibility index (Phi) is 3.94. The summed E-state index contributed by atoms with van der Waals surface area (Å²) in [6.07, 6.45) is -4.73. The van der Waals surface area contributed by atoms with Crippen LogP contribution in [0.1, 0.15) is 0 Å². The van der Waals surface area contributed by atoms with E-state index in [0.29, 0.717) is 13.1 Å². The van der Waals surface area contributed by atoms with Crippen molar-refractivity contribution in [1.82, 2.24) is 10.2 Å². The molecule has 1 aromatic rings. The number of urea groups is 1. The quantitative estimate of drug-likeness (QED) is 0.795. The number of carbonyl (C=O) groups excluding carboxylic acids is 1. The molecule has 1 aliphatic heterocycles. The van der Waals surface area contributed by atoms with Crippen molar-refractivity contribution in [1.29, 1.82) is 0 Å². The summed E-state index contributed by atoms with van der Waals surface area (Å²) in [7, 11) is 0. The molecule has 1 N–H and O–H groups in total. The highest BCUT2D eigenvalue weighted by atomic mass is 19.4. The zero-order chi connectivity index (χ0) is 13.9. The van der Waals surface area contributed by atoms with Crippen molar-refractivity contribution >= 4 is 11.7 Å². The first-order chi connectivity index (χ1) is 9.00. The van der Waals surface area contributed by atoms with E-state index in [1.165, 1.54) is 29.2 Å². The second-order valence-corrected chi connectivity index (χ2v) is 4.16. The lowest BCUT2D eigenvalue weighted by molar-refractivity contribution is -0.123. The van der Waals surface area contributed by atoms with Crippen LogP contribution < -0.4 is 10.2 Å². The van der Waals surface area contributed by atoms with Crippen LogP contribution in [0.3, 0.4) is 0 Å². The molecular formula is C12H14F3N3O. The minimum Gasteiger partial charge on any atom is -0.322 e. The molecule has 1 aliphatic rings. The number of nitrogens with zero attached hydrogens (tertiary/aromatic N) is 2. The Labute approximate surface area is 108 Å². The Morgan fingerprint density at radius 2 is 1.74 bits per heavy atom. The van der Waals surface area contributed by atoms with E-state index in [2.05, 4.69) is 5.32 Å². The van der Waals surface area contributed by atoms with Crippen LogP contribution >= 0.6 is 0 Å². The summed E-state index contributed by atoms with van der Waals surface area (Å²) in [5.74, 6) is 0. The van der Waals surface area contributed by atoms with Crippen molar-refractivity contribution in [2.24, 2.45) is 0 Å². The summed E-state index contributed by atoms with van der Waals surface area (Å²) in [6.45, 7) is 1.56. The average molecular weight is 273 g/mol. The van der Waals surface area contributed by atoms with Gasteiger partial charge in [0.15, 0.2) is 0 Å². The molecule has 0 aromatic heterocycles. The lowest BCUT2D eigenvalue weighted by atomic mass is 10.3. The molecule has 0 radical (unpaired) electrons. The highest BCUT2D eigenvalue weighted by Crippen LogP contribution is 2.29. The topological polar surface area (TPSA) is 35.6 Å². The molecule has 0 unspecified atom stereocenters. The summed E-state index contributed by atoms with van der Waals surface area (Å²) >= 11 is 0. The highest BCUT2D eigenvalue weighted by Gasteiger charge is 2.44. The molecular weight excluding hydrogens is 259 g/mol. The minimum absolute atomic E-state index is 0.113. The zero-order valence-electron chi connectivity index (χ0n) is 10.2. The number of alkyl halides is 3. The number of anilines is 1. The van der Waals surface area contributed by atoms with E-state index in [1.807, 2.05) is 0 Å². The van der Waals surface area contributed by atoms with Crippen molar-refractivity contribution in [3.8, 4) is 0 Å². The second-order valence-electron chi connectivity index (χ2n) is 4.16. The number of piperazine rings is 1. The standard InChI is InChI=1S/C12H14F3N3O/c13-12(14,15)18(10-4-2-1-3-5-10)11(19)17-8-6-16-7-9-17/h1-5,16H,6-9H2. The molecule has 19 heavy (non-hydrogen) atoms. The average Bonchev–Trinajstić information content (AvgIpc) is 2.39. The van der Waals surface area contributed by atoms with E-state index in [-0.39, 0.29) is 23.7 Å². The molecule has 104 valence electrons. The molecule has 1 heterocycles. The molecule has 4 nitrogen and oxygen atoms in total. The molecule has 1 aromatic carbocycles. The van der Waals surface area contributed by atoms with Gasteiger partial charge in [-0.25, -0.2) is 9.69 Å². The van der Waals surface area contributed by atoms with Gasteiger partial charge in [0, 0.05) is 26.2 Å². The lowest BCUT2D eigenvalue weighted by Crippen LogP contribution is -2.55. The molecule has 0 saturated carbocycles. The van der Waals surface area contributed by atoms with Crippen LogP contribution in [0.25, 0.3) is 0 Å². The summed E-state index contributed by atoms with van der Waals surface area (Å²) in [4.78, 5) is 13.1. The van der Waals surface area contributed by atoms with E-state index in [4.69, 9.17) is 0 Å². The molecule has 7 heteroatoms. The summed E-state index contributed by atoms with van der Waals surface area (Å²) in [5.41, 5.74) is -0.168. The van der Waals surface area contributed by atoms with Crippen molar-refractivity contribution in [2.45, 2.75) is 6.30 Å². The van der Waals surface area contributed by atoms with Gasteiger partial charge in [0.2, 0.25) is 0 Å². The number of carbonyl (C=O) groups is 1. The fourth-order valence-corrected chi connectivity index (χ4v) is 1.94. The Morgan fingerprint density at radius 3 is 2.26 bits per heavy atom. The van der Waals surface area contributed by atoms with Gasteiger partial charge in [-0.2, -0.15) is 0 Å². The third-order valence-corrected chi connectivity index (χ3v) is 2.85. The van der Waals surface area contributed by atoms with Gasteiger partial charge in [0.25, 0.3) is 0 Å². The highest BCUT2D eigenvalue weighted by molar-refractivity contribution is 5.92. The van der Waals surface area contributed by atoms with Crippen LogP contribution in [-0.4, -0.2) is 43.4 Å². The number of para-hydroxylation sites is 1. The van der Waals surface area contributed by atoms with Gasteiger partial charge in [-0.05, 0) is 12.1 Å². The Morgan fingerprint density at radius 1 is 1.16 bits per heavy atom. The lowest BCUT2D eigenvalue weighted by Gasteiger charge is -2.34. The van der Waals surface area contributed by atoms with Crippen LogP contribution in [0, 0.1) is 0 Å². The van der Waals surface area contributed by atoms with Crippen molar-refractivity contribution in [2.75, 3.05) is 31.1 Å². The number of halogens is 3. The fraction of sp³-hybridized carbons (Fsp3) is 0.417. The molecule has 0 bridgehead atoms. The maximum atomic E-state index is 13.1. The number of hydrogen-bond acceptors (Lipinski definition) is 2. The first-order valence-corrected chi connectivity index (χ1v) is 5.92. The SMILES string of the molecule is O=C(N1CCNCC1)N(c1ccccc1)C(F)(F)F. The molecule has 1 saturated heterocycles. The fourth-order valence-electron chi connectivity index (χ4n) is 1.94. The van der Waals surface area contributed by atoms with Crippen molar-refractivity contribution in [3.63, 3.8) is 0 Å². The van der Waals surface area contributed by atoms with E-state index >= 15 is 0 Å². The number of rotatable bonds is 1. The normalized spacial score (nSPS) is 16.3. The van der Waals surface area contributed by atoms with Gasteiger partial charge in [-0.15, -0.1) is 13.2 Å². The summed E-state index contributed by atoms with van der Waals surface area (Å²) in [6, 6.07) is 6.06. The predicted molar refractivity (Wildman–Crippen MR) is 64.8 cm³/mol. The Balaban J connectivity index is 2.25. The third-order valence-electron chi connectivity index (χ3n) is 2.85. The molecule has 2 amide bonds. The minimum atomic E-state index is -4.73. The largest absolute Gasteiger partial charge is 0.493 e. The molecule has 0 atom stereocenters. The number of amides is 2. The number of hydrogen-bond donors (Lipinski definition) is 1. The van der Waals surface area contributed by atoms with Crippen molar-refractivity contribution in [3.05, 3.63) is 30.3 Å². The zero-order valence-corrected chi connectivity index (χ0v) is 10.2. The van der Waals surface area contributed by atoms with Crippen LogP contribution in [0.5, 0.6) is 0 Å². The molecule has 0 spiro atoms. The van der Waals surface area contributed by atoms with E-state index in [1.54, 1.807) is 6.07 Å². The van der Waals surface area contributed by atoms with Gasteiger partial charge < -0.3 is 10.2 Å². The smallest absolute Gasteiger partial charge is 0.322 e. The van der Waals surface area contributed by atoms with Gasteiger partial charge in [0.05, 0.1) is 5.69 Å². The van der Waals surface area contributed by atoms with Crippen LogP contribution in [0.15, 0.2) is 30.3 Å². The molecule has 1 fully saturated rings. The third kappa shape index (κ3) is 3.17. The molecule has 0 aliphatic carbocycles. The van der Waals surface area contributed by atoms with Crippen molar-refractivity contribution < 1.29 is 18.0 Å². The first-order valence-electron chi connectivity index (χ1n) is 5.92. The summed E-state index contributed by atoms with van der Waals surface area (Å²) in [5, 5.41) is 2.99. The second kappa shape index (κ2) is 5.48. The maximum absolute atomic E-state index is 13.1. The van der Waals surface area contributed by atoms with E-state index in [0.717, 1.165) is 0 Å². The van der Waals surface area contributed by atoms with Gasteiger partial charge in [0.1, 0.15) is 0 Å². The Hall–Kier alpha value is -1.76. The Bertz CT molecular complexity index is 430. The first kappa shape index (κ1) is 13.7. The monoisotopic (exact) mass is 273 g/mol. The summed E-state index contributed by atoms with van der Waals surface area (Å²) < 4.78 is 39.2. The molecule has 2 rings (SSSR count). The number of nitrogens with one attached hydrogen (secondary N) is 1. The van der Waals surface area contributed by atoms with Crippen LogP contribution in [0.2, 0.25) is 0 Å². The maximum Gasteiger partial charge on any atom is 0.493 e. The van der Waals surface area contributed by atoms with Gasteiger partial charge in [-0.1, -0.05) is 18.2 Å². The van der Waals surface area contributed by atoms with Crippen LogP contribution in [0.4, 0.5) is 23.7 Å². The van der Waals surface area contributed by atoms with Gasteiger partial charge >= 0.3 is 12.3 Å². The van der Waals surface area contributed by atoms with Gasteiger partial charge in [-0.3, -0.25) is 0 Å². The van der Waals surface area contributed by atoms with E-state index < -0.39 is 12.3 Å².